The zero-order valence-corrected chi connectivity index (χ0v) is 13.8. The lowest BCUT2D eigenvalue weighted by atomic mass is 9.98. The fourth-order valence-corrected chi connectivity index (χ4v) is 2.83. The van der Waals surface area contributed by atoms with E-state index in [1.807, 2.05) is 13.8 Å². The van der Waals surface area contributed by atoms with Gasteiger partial charge >= 0.3 is 5.97 Å². The van der Waals surface area contributed by atoms with Gasteiger partial charge in [-0.3, -0.25) is 9.79 Å². The first-order valence-corrected chi connectivity index (χ1v) is 8.45. The molecule has 2 fully saturated rings. The van der Waals surface area contributed by atoms with E-state index in [0.717, 1.165) is 44.7 Å². The molecule has 0 aromatic heterocycles. The molecule has 1 aliphatic carbocycles. The lowest BCUT2D eigenvalue weighted by Gasteiger charge is -2.34. The van der Waals surface area contributed by atoms with Crippen LogP contribution in [0.25, 0.3) is 0 Å². The fourth-order valence-electron chi connectivity index (χ4n) is 2.83. The van der Waals surface area contributed by atoms with Crippen LogP contribution in [0.4, 0.5) is 0 Å². The maximum absolute atomic E-state index is 12.0. The summed E-state index contributed by atoms with van der Waals surface area (Å²) in [5.74, 6) is 0.693. The van der Waals surface area contributed by atoms with Crippen LogP contribution in [-0.2, 0) is 9.53 Å². The Morgan fingerprint density at radius 2 is 2.23 bits per heavy atom. The number of guanidine groups is 1. The van der Waals surface area contributed by atoms with Crippen LogP contribution in [0.1, 0.15) is 39.5 Å². The lowest BCUT2D eigenvalue weighted by Crippen LogP contribution is -2.48. The van der Waals surface area contributed by atoms with Crippen molar-refractivity contribution in [2.45, 2.75) is 39.5 Å². The molecule has 0 bridgehead atoms. The highest BCUT2D eigenvalue weighted by Gasteiger charge is 2.42. The van der Waals surface area contributed by atoms with Gasteiger partial charge < -0.3 is 20.1 Å². The molecular formula is C16H29N3O3. The average Bonchev–Trinajstić information content (AvgIpc) is 3.32. The Kier molecular flexibility index (Phi) is 6.06. The number of nitrogens with zero attached hydrogens (tertiary/aromatic N) is 2. The maximum atomic E-state index is 12.0. The summed E-state index contributed by atoms with van der Waals surface area (Å²) in [4.78, 5) is 18.8. The van der Waals surface area contributed by atoms with Gasteiger partial charge in [0.15, 0.2) is 5.96 Å². The van der Waals surface area contributed by atoms with Crippen LogP contribution in [-0.4, -0.2) is 61.3 Å². The molecule has 6 nitrogen and oxygen atoms in total. The second-order valence-electron chi connectivity index (χ2n) is 6.37. The number of aliphatic hydroxyl groups excluding tert-OH is 1. The third-order valence-corrected chi connectivity index (χ3v) is 4.53. The minimum Gasteiger partial charge on any atom is -0.466 e. The van der Waals surface area contributed by atoms with E-state index in [2.05, 4.69) is 10.2 Å². The molecule has 1 saturated carbocycles. The van der Waals surface area contributed by atoms with Gasteiger partial charge in [-0.1, -0.05) is 0 Å². The number of likely N-dealkylation sites (tertiary alicyclic amines) is 1. The molecule has 0 radical (unpaired) electrons. The Bertz CT molecular complexity index is 407. The highest BCUT2D eigenvalue weighted by Crippen LogP contribution is 2.45. The van der Waals surface area contributed by atoms with E-state index in [4.69, 9.17) is 9.73 Å². The van der Waals surface area contributed by atoms with Crippen LogP contribution in [0, 0.1) is 11.3 Å². The molecule has 2 N–H and O–H groups in total. The topological polar surface area (TPSA) is 74.2 Å². The summed E-state index contributed by atoms with van der Waals surface area (Å²) in [6, 6.07) is 0. The zero-order valence-electron chi connectivity index (χ0n) is 13.8. The zero-order chi connectivity index (χ0) is 16.0. The van der Waals surface area contributed by atoms with Gasteiger partial charge in [-0.25, -0.2) is 0 Å². The van der Waals surface area contributed by atoms with Crippen LogP contribution in [0.15, 0.2) is 4.99 Å². The van der Waals surface area contributed by atoms with E-state index < -0.39 is 0 Å². The third-order valence-electron chi connectivity index (χ3n) is 4.53. The average molecular weight is 311 g/mol. The molecule has 0 aromatic rings. The van der Waals surface area contributed by atoms with Crippen molar-refractivity contribution in [3.63, 3.8) is 0 Å². The van der Waals surface area contributed by atoms with Gasteiger partial charge in [0.1, 0.15) is 0 Å². The number of esters is 1. The number of hydrogen-bond acceptors (Lipinski definition) is 4. The van der Waals surface area contributed by atoms with Crippen molar-refractivity contribution in [2.75, 3.05) is 39.4 Å². The molecule has 0 amide bonds. The van der Waals surface area contributed by atoms with Crippen LogP contribution in [0.3, 0.4) is 0 Å². The number of hydrogen-bond donors (Lipinski definition) is 2. The predicted molar refractivity (Wildman–Crippen MR) is 85.7 cm³/mol. The van der Waals surface area contributed by atoms with E-state index in [1.165, 1.54) is 0 Å². The molecule has 1 heterocycles. The summed E-state index contributed by atoms with van der Waals surface area (Å²) < 4.78 is 5.15. The molecule has 2 aliphatic rings. The van der Waals surface area contributed by atoms with Gasteiger partial charge in [0.25, 0.3) is 0 Å². The van der Waals surface area contributed by atoms with Gasteiger partial charge in [0.2, 0.25) is 0 Å². The first kappa shape index (κ1) is 17.1. The second kappa shape index (κ2) is 7.81. The summed E-state index contributed by atoms with van der Waals surface area (Å²) in [6.07, 6.45) is 3.96. The molecular weight excluding hydrogens is 282 g/mol. The molecule has 0 aromatic carbocycles. The lowest BCUT2D eigenvalue weighted by molar-refractivity contribution is -0.149. The second-order valence-corrected chi connectivity index (χ2v) is 6.37. The Balaban J connectivity index is 1.97. The molecule has 0 spiro atoms. The first-order chi connectivity index (χ1) is 10.6. The molecule has 0 unspecified atom stereocenters. The van der Waals surface area contributed by atoms with Crippen molar-refractivity contribution in [3.8, 4) is 0 Å². The molecule has 6 heteroatoms. The Labute approximate surface area is 132 Å². The summed E-state index contributed by atoms with van der Waals surface area (Å²) in [5.41, 5.74) is 0.0109. The largest absolute Gasteiger partial charge is 0.466 e. The third kappa shape index (κ3) is 4.35. The molecule has 22 heavy (non-hydrogen) atoms. The van der Waals surface area contributed by atoms with Crippen LogP contribution in [0.5, 0.6) is 0 Å². The number of aliphatic hydroxyl groups is 1. The summed E-state index contributed by atoms with van der Waals surface area (Å²) in [7, 11) is 0. The number of carbonyl (C=O) groups is 1. The van der Waals surface area contributed by atoms with Crippen molar-refractivity contribution in [3.05, 3.63) is 0 Å². The smallest absolute Gasteiger partial charge is 0.310 e. The number of aliphatic imine (C=N–C) groups is 1. The van der Waals surface area contributed by atoms with Gasteiger partial charge in [-0.05, 0) is 39.5 Å². The highest BCUT2D eigenvalue weighted by atomic mass is 16.5. The maximum Gasteiger partial charge on any atom is 0.310 e. The molecule has 2 rings (SSSR count). The van der Waals surface area contributed by atoms with Gasteiger partial charge in [0, 0.05) is 25.0 Å². The Morgan fingerprint density at radius 1 is 1.45 bits per heavy atom. The van der Waals surface area contributed by atoms with Crippen molar-refractivity contribution in [2.24, 2.45) is 16.3 Å². The number of rotatable bonds is 6. The number of nitrogens with one attached hydrogen (secondary N) is 1. The van der Waals surface area contributed by atoms with Crippen molar-refractivity contribution < 1.29 is 14.6 Å². The summed E-state index contributed by atoms with van der Waals surface area (Å²) in [5, 5.41) is 12.7. The quantitative estimate of drug-likeness (QED) is 0.435. The molecule has 126 valence electrons. The number of ether oxygens (including phenoxy) is 1. The Hall–Kier alpha value is -1.30. The van der Waals surface area contributed by atoms with Crippen molar-refractivity contribution in [1.82, 2.24) is 10.2 Å². The molecule has 1 saturated heterocycles. The first-order valence-electron chi connectivity index (χ1n) is 8.45. The van der Waals surface area contributed by atoms with Crippen LogP contribution >= 0.6 is 0 Å². The van der Waals surface area contributed by atoms with Crippen molar-refractivity contribution in [1.29, 1.82) is 0 Å². The minimum atomic E-state index is -0.0999. The summed E-state index contributed by atoms with van der Waals surface area (Å²) in [6.45, 7) is 7.56. The standard InChI is InChI=1S/C16H29N3O3/c1-3-17-15(18-11-16(12-20)7-8-16)19-9-5-6-13(10-19)14(21)22-4-2/h13,20H,3-12H2,1-2H3,(H,17,18)/t13-/m1/s1. The van der Waals surface area contributed by atoms with Crippen LogP contribution < -0.4 is 5.32 Å². The predicted octanol–water partition coefficient (Wildman–Crippen LogP) is 0.999. The molecule has 1 atom stereocenters. The Morgan fingerprint density at radius 3 is 2.82 bits per heavy atom. The van der Waals surface area contributed by atoms with Gasteiger partial charge in [-0.2, -0.15) is 0 Å². The van der Waals surface area contributed by atoms with Crippen LogP contribution in [0.2, 0.25) is 0 Å². The number of carbonyl (C=O) groups excluding carboxylic acids is 1. The van der Waals surface area contributed by atoms with E-state index in [0.29, 0.717) is 19.7 Å². The van der Waals surface area contributed by atoms with E-state index in [1.54, 1.807) is 0 Å². The monoisotopic (exact) mass is 311 g/mol. The highest BCUT2D eigenvalue weighted by molar-refractivity contribution is 5.81. The number of piperidine rings is 1. The SMILES string of the molecule is CCNC(=NCC1(CO)CC1)N1CCC[C@@H](C(=O)OCC)C1. The van der Waals surface area contributed by atoms with E-state index in [9.17, 15) is 9.90 Å². The van der Waals surface area contributed by atoms with E-state index >= 15 is 0 Å². The van der Waals surface area contributed by atoms with Gasteiger partial charge in [-0.15, -0.1) is 0 Å². The normalized spacial score (nSPS) is 24.0. The minimum absolute atomic E-state index is 0.0109. The van der Waals surface area contributed by atoms with Gasteiger partial charge in [0.05, 0.1) is 25.7 Å². The fraction of sp³-hybridized carbons (Fsp3) is 0.875. The summed E-state index contributed by atoms with van der Waals surface area (Å²) >= 11 is 0. The molecule has 1 aliphatic heterocycles. The van der Waals surface area contributed by atoms with E-state index in [-0.39, 0.29) is 23.9 Å². The van der Waals surface area contributed by atoms with Crippen molar-refractivity contribution >= 4 is 11.9 Å².